The highest BCUT2D eigenvalue weighted by Gasteiger charge is 2.37. The summed E-state index contributed by atoms with van der Waals surface area (Å²) in [7, 11) is 0. The van der Waals surface area contributed by atoms with Crippen molar-refractivity contribution in [3.63, 3.8) is 0 Å². The minimum absolute atomic E-state index is 0.124. The zero-order chi connectivity index (χ0) is 25.8. The van der Waals surface area contributed by atoms with Gasteiger partial charge in [-0.1, -0.05) is 13.3 Å². The number of thiazole rings is 1. The molecular formula is C25H38N6O3S. The second kappa shape index (κ2) is 10.9. The summed E-state index contributed by atoms with van der Waals surface area (Å²) in [5, 5.41) is 6.87. The van der Waals surface area contributed by atoms with Crippen LogP contribution in [0.1, 0.15) is 83.1 Å². The van der Waals surface area contributed by atoms with Crippen molar-refractivity contribution in [2.45, 2.75) is 91.2 Å². The Bertz CT molecular complexity index is 1040. The van der Waals surface area contributed by atoms with Crippen molar-refractivity contribution in [2.75, 3.05) is 18.4 Å². The van der Waals surface area contributed by atoms with Gasteiger partial charge in [0.2, 0.25) is 5.91 Å². The van der Waals surface area contributed by atoms with Gasteiger partial charge in [-0.25, -0.2) is 19.7 Å². The predicted octanol–water partition coefficient (Wildman–Crippen LogP) is 4.95. The van der Waals surface area contributed by atoms with Crippen molar-refractivity contribution in [1.82, 2.24) is 25.2 Å². The number of carbonyl (C=O) groups excluding carboxylic acids is 2. The summed E-state index contributed by atoms with van der Waals surface area (Å²) in [4.78, 5) is 42.3. The summed E-state index contributed by atoms with van der Waals surface area (Å²) in [5.74, 6) is 1.57. The van der Waals surface area contributed by atoms with Crippen LogP contribution in [-0.2, 0) is 16.0 Å². The average Bonchev–Trinajstić information content (AvgIpc) is 3.18. The second-order valence-corrected chi connectivity index (χ2v) is 11.7. The molecule has 3 rings (SSSR count). The fraction of sp³-hybridized carbons (Fsp3) is 0.640. The van der Waals surface area contributed by atoms with E-state index in [1.807, 2.05) is 19.2 Å². The number of alkyl carbamates (subject to hydrolysis) is 1. The van der Waals surface area contributed by atoms with Crippen LogP contribution in [0.2, 0.25) is 0 Å². The number of nitrogens with zero attached hydrogens (tertiary/aromatic N) is 4. The van der Waals surface area contributed by atoms with Crippen LogP contribution in [0, 0.1) is 6.92 Å². The number of anilines is 2. The SMILES string of the molecule is CCCc1cnc(Nc2cc(C)nc(C3CCN(C(=O)C(C)(C)NC(=O)OC(C)(C)C)CC3)n2)s1. The molecule has 0 spiro atoms. The third-order valence-corrected chi connectivity index (χ3v) is 6.62. The summed E-state index contributed by atoms with van der Waals surface area (Å²) >= 11 is 1.65. The first-order valence-corrected chi connectivity index (χ1v) is 13.1. The number of hydrogen-bond acceptors (Lipinski definition) is 8. The highest BCUT2D eigenvalue weighted by molar-refractivity contribution is 7.15. The molecule has 0 aliphatic carbocycles. The van der Waals surface area contributed by atoms with E-state index >= 15 is 0 Å². The van der Waals surface area contributed by atoms with E-state index < -0.39 is 17.2 Å². The monoisotopic (exact) mass is 502 g/mol. The van der Waals surface area contributed by atoms with Crippen LogP contribution in [0.25, 0.3) is 0 Å². The van der Waals surface area contributed by atoms with Crippen molar-refractivity contribution in [3.05, 3.63) is 28.7 Å². The molecule has 2 amide bonds. The van der Waals surface area contributed by atoms with Gasteiger partial charge >= 0.3 is 6.09 Å². The molecule has 10 heteroatoms. The quantitative estimate of drug-likeness (QED) is 0.551. The summed E-state index contributed by atoms with van der Waals surface area (Å²) < 4.78 is 5.32. The Morgan fingerprint density at radius 1 is 1.17 bits per heavy atom. The molecule has 1 aliphatic rings. The molecule has 0 saturated carbocycles. The maximum Gasteiger partial charge on any atom is 0.408 e. The number of hydrogen-bond donors (Lipinski definition) is 2. The van der Waals surface area contributed by atoms with E-state index in [2.05, 4.69) is 27.5 Å². The smallest absolute Gasteiger partial charge is 0.408 e. The fourth-order valence-electron chi connectivity index (χ4n) is 4.02. The van der Waals surface area contributed by atoms with Crippen LogP contribution in [0.5, 0.6) is 0 Å². The number of nitrogens with one attached hydrogen (secondary N) is 2. The maximum absolute atomic E-state index is 13.1. The normalized spacial score (nSPS) is 15.1. The number of aromatic nitrogens is 3. The Balaban J connectivity index is 1.60. The Kier molecular flexibility index (Phi) is 8.35. The summed E-state index contributed by atoms with van der Waals surface area (Å²) in [5.41, 5.74) is -0.791. The molecule has 0 atom stereocenters. The molecule has 0 unspecified atom stereocenters. The van der Waals surface area contributed by atoms with E-state index in [1.54, 1.807) is 50.9 Å². The lowest BCUT2D eigenvalue weighted by molar-refractivity contribution is -0.138. The van der Waals surface area contributed by atoms with Crippen molar-refractivity contribution in [3.8, 4) is 0 Å². The number of carbonyl (C=O) groups is 2. The Morgan fingerprint density at radius 2 is 1.86 bits per heavy atom. The first kappa shape index (κ1) is 26.8. The Labute approximate surface area is 212 Å². The van der Waals surface area contributed by atoms with Crippen LogP contribution < -0.4 is 10.6 Å². The highest BCUT2D eigenvalue weighted by atomic mass is 32.1. The molecule has 3 heterocycles. The Hall–Kier alpha value is -2.75. The van der Waals surface area contributed by atoms with Gasteiger partial charge in [0.05, 0.1) is 0 Å². The lowest BCUT2D eigenvalue weighted by Gasteiger charge is -2.37. The van der Waals surface area contributed by atoms with Gasteiger partial charge in [0.1, 0.15) is 22.8 Å². The van der Waals surface area contributed by atoms with Gasteiger partial charge in [-0.3, -0.25) is 4.79 Å². The van der Waals surface area contributed by atoms with Crippen LogP contribution in [0.15, 0.2) is 12.3 Å². The molecule has 1 aliphatic heterocycles. The van der Waals surface area contributed by atoms with Crippen LogP contribution >= 0.6 is 11.3 Å². The molecule has 2 aromatic rings. The van der Waals surface area contributed by atoms with E-state index in [9.17, 15) is 9.59 Å². The van der Waals surface area contributed by atoms with Gasteiger partial charge < -0.3 is 20.3 Å². The van der Waals surface area contributed by atoms with E-state index in [4.69, 9.17) is 9.72 Å². The largest absolute Gasteiger partial charge is 0.444 e. The number of rotatable bonds is 7. The first-order valence-electron chi connectivity index (χ1n) is 12.2. The van der Waals surface area contributed by atoms with Gasteiger partial charge in [-0.2, -0.15) is 0 Å². The molecular weight excluding hydrogens is 464 g/mol. The average molecular weight is 503 g/mol. The molecule has 2 aromatic heterocycles. The molecule has 0 bridgehead atoms. The number of amides is 2. The standard InChI is InChI=1S/C25H38N6O3S/c1-8-9-18-15-26-22(35-18)29-19-14-16(2)27-20(28-19)17-10-12-31(13-11-17)21(32)25(6,7)30-23(33)34-24(3,4)5/h14-15,17H,8-13H2,1-7H3,(H,30,33)(H,26,27,28,29). The summed E-state index contributed by atoms with van der Waals surface area (Å²) in [6.45, 7) is 14.1. The van der Waals surface area contributed by atoms with Crippen molar-refractivity contribution < 1.29 is 14.3 Å². The lowest BCUT2D eigenvalue weighted by atomic mass is 9.93. The number of likely N-dealkylation sites (tertiary alicyclic amines) is 1. The van der Waals surface area contributed by atoms with E-state index in [1.165, 1.54) is 4.88 Å². The molecule has 2 N–H and O–H groups in total. The lowest BCUT2D eigenvalue weighted by Crippen LogP contribution is -2.57. The van der Waals surface area contributed by atoms with Gasteiger partial charge in [0.15, 0.2) is 5.13 Å². The zero-order valence-corrected chi connectivity index (χ0v) is 22.7. The Morgan fingerprint density at radius 3 is 2.49 bits per heavy atom. The number of piperidine rings is 1. The minimum Gasteiger partial charge on any atom is -0.444 e. The van der Waals surface area contributed by atoms with Crippen LogP contribution in [0.4, 0.5) is 15.7 Å². The van der Waals surface area contributed by atoms with Crippen LogP contribution in [0.3, 0.4) is 0 Å². The van der Waals surface area contributed by atoms with Crippen molar-refractivity contribution in [2.24, 2.45) is 0 Å². The van der Waals surface area contributed by atoms with E-state index in [0.717, 1.165) is 48.2 Å². The van der Waals surface area contributed by atoms with E-state index in [0.29, 0.717) is 13.1 Å². The number of aryl methyl sites for hydroxylation is 2. The molecule has 1 fully saturated rings. The zero-order valence-electron chi connectivity index (χ0n) is 21.9. The van der Waals surface area contributed by atoms with Gasteiger partial charge in [-0.05, 0) is 60.8 Å². The van der Waals surface area contributed by atoms with E-state index in [-0.39, 0.29) is 11.8 Å². The topological polar surface area (TPSA) is 109 Å². The predicted molar refractivity (Wildman–Crippen MR) is 138 cm³/mol. The summed E-state index contributed by atoms with van der Waals surface area (Å²) in [6.07, 6.45) is 4.95. The molecule has 0 aromatic carbocycles. The highest BCUT2D eigenvalue weighted by Crippen LogP contribution is 2.29. The van der Waals surface area contributed by atoms with Crippen molar-refractivity contribution in [1.29, 1.82) is 0 Å². The first-order chi connectivity index (χ1) is 16.4. The molecule has 192 valence electrons. The van der Waals surface area contributed by atoms with Gasteiger partial charge in [0.25, 0.3) is 0 Å². The second-order valence-electron chi connectivity index (χ2n) is 10.6. The van der Waals surface area contributed by atoms with Crippen LogP contribution in [-0.4, -0.2) is 56.1 Å². The molecule has 0 radical (unpaired) electrons. The fourth-order valence-corrected chi connectivity index (χ4v) is 4.94. The maximum atomic E-state index is 13.1. The molecule has 9 nitrogen and oxygen atoms in total. The summed E-state index contributed by atoms with van der Waals surface area (Å²) in [6, 6.07) is 1.92. The minimum atomic E-state index is -1.06. The number of ether oxygens (including phenoxy) is 1. The van der Waals surface area contributed by atoms with Crippen molar-refractivity contribution >= 4 is 34.3 Å². The molecule has 1 saturated heterocycles. The van der Waals surface area contributed by atoms with Gasteiger partial charge in [0, 0.05) is 41.8 Å². The third kappa shape index (κ3) is 7.62. The third-order valence-electron chi connectivity index (χ3n) is 5.65. The van der Waals surface area contributed by atoms with Gasteiger partial charge in [-0.15, -0.1) is 11.3 Å². The molecule has 35 heavy (non-hydrogen) atoms.